The van der Waals surface area contributed by atoms with Gasteiger partial charge in [0.25, 0.3) is 0 Å². The van der Waals surface area contributed by atoms with Crippen molar-refractivity contribution in [3.8, 4) is 11.8 Å². The standard InChI is InChI=1S/C11H9BrN6O/c1-19-10-3-2-8(4-9(10)12)14-6-7(5-13)11-15-17-18-16-11/h2-4,6,14H,1H3,(H,15,16,17,18). The van der Waals surface area contributed by atoms with Crippen molar-refractivity contribution in [3.63, 3.8) is 0 Å². The van der Waals surface area contributed by atoms with E-state index in [1.165, 1.54) is 6.20 Å². The number of aromatic amines is 1. The Bertz CT molecular complexity index is 631. The van der Waals surface area contributed by atoms with E-state index in [4.69, 9.17) is 10.00 Å². The molecule has 0 bridgehead atoms. The van der Waals surface area contributed by atoms with Crippen LogP contribution < -0.4 is 10.1 Å². The van der Waals surface area contributed by atoms with Crippen molar-refractivity contribution in [2.45, 2.75) is 0 Å². The fourth-order valence-electron chi connectivity index (χ4n) is 1.33. The molecule has 8 heteroatoms. The maximum Gasteiger partial charge on any atom is 0.216 e. The van der Waals surface area contributed by atoms with Gasteiger partial charge in [-0.3, -0.25) is 0 Å². The van der Waals surface area contributed by atoms with Crippen LogP contribution in [-0.4, -0.2) is 27.7 Å². The molecule has 0 aliphatic heterocycles. The molecule has 2 N–H and O–H groups in total. The maximum absolute atomic E-state index is 9.00. The summed E-state index contributed by atoms with van der Waals surface area (Å²) in [7, 11) is 1.59. The molecule has 0 aliphatic rings. The summed E-state index contributed by atoms with van der Waals surface area (Å²) < 4.78 is 5.94. The van der Waals surface area contributed by atoms with Crippen LogP contribution in [0.3, 0.4) is 0 Å². The number of rotatable bonds is 4. The Morgan fingerprint density at radius 3 is 3.00 bits per heavy atom. The molecule has 0 fully saturated rings. The number of allylic oxidation sites excluding steroid dienone is 1. The van der Waals surface area contributed by atoms with E-state index in [1.807, 2.05) is 18.2 Å². The van der Waals surface area contributed by atoms with Gasteiger partial charge in [-0.1, -0.05) is 0 Å². The lowest BCUT2D eigenvalue weighted by Crippen LogP contribution is -1.93. The average molecular weight is 321 g/mol. The predicted octanol–water partition coefficient (Wildman–Crippen LogP) is 1.95. The van der Waals surface area contributed by atoms with Crippen LogP contribution in [0, 0.1) is 11.3 Å². The van der Waals surface area contributed by atoms with Crippen molar-refractivity contribution >= 4 is 27.2 Å². The number of nitrogens with one attached hydrogen (secondary N) is 2. The van der Waals surface area contributed by atoms with E-state index in [2.05, 4.69) is 41.9 Å². The van der Waals surface area contributed by atoms with Gasteiger partial charge in [0.05, 0.1) is 11.6 Å². The number of halogens is 1. The third kappa shape index (κ3) is 3.08. The van der Waals surface area contributed by atoms with Crippen molar-refractivity contribution in [1.82, 2.24) is 20.6 Å². The van der Waals surface area contributed by atoms with E-state index in [9.17, 15) is 0 Å². The Kier molecular flexibility index (Phi) is 4.10. The molecule has 0 amide bonds. The van der Waals surface area contributed by atoms with E-state index in [-0.39, 0.29) is 11.4 Å². The van der Waals surface area contributed by atoms with E-state index in [1.54, 1.807) is 13.2 Å². The summed E-state index contributed by atoms with van der Waals surface area (Å²) >= 11 is 3.38. The Hall–Kier alpha value is -2.40. The van der Waals surface area contributed by atoms with Gasteiger partial charge in [-0.2, -0.15) is 10.5 Å². The third-order valence-electron chi connectivity index (χ3n) is 2.24. The zero-order valence-electron chi connectivity index (χ0n) is 9.88. The summed E-state index contributed by atoms with van der Waals surface area (Å²) in [6, 6.07) is 7.45. The van der Waals surface area contributed by atoms with Gasteiger partial charge in [-0.05, 0) is 39.3 Å². The van der Waals surface area contributed by atoms with Gasteiger partial charge in [0.1, 0.15) is 17.4 Å². The fourth-order valence-corrected chi connectivity index (χ4v) is 1.88. The lowest BCUT2D eigenvalue weighted by atomic mass is 10.3. The second-order valence-corrected chi connectivity index (χ2v) is 4.25. The molecule has 2 aromatic rings. The van der Waals surface area contributed by atoms with Gasteiger partial charge in [0.15, 0.2) is 0 Å². The molecule has 0 radical (unpaired) electrons. The van der Waals surface area contributed by atoms with E-state index >= 15 is 0 Å². The van der Waals surface area contributed by atoms with Crippen molar-refractivity contribution in [2.24, 2.45) is 0 Å². The molecular weight excluding hydrogens is 312 g/mol. The number of hydrogen-bond donors (Lipinski definition) is 2. The largest absolute Gasteiger partial charge is 0.496 e. The molecule has 1 aromatic heterocycles. The Labute approximate surface area is 117 Å². The minimum atomic E-state index is 0.238. The minimum absolute atomic E-state index is 0.238. The SMILES string of the molecule is COc1ccc(NC=C(C#N)c2nn[nH]n2)cc1Br. The predicted molar refractivity (Wildman–Crippen MR) is 72.1 cm³/mol. The first-order valence-corrected chi connectivity index (χ1v) is 5.98. The van der Waals surface area contributed by atoms with E-state index in [0.717, 1.165) is 15.9 Å². The number of ether oxygens (including phenoxy) is 1. The van der Waals surface area contributed by atoms with Crippen LogP contribution in [0.5, 0.6) is 5.75 Å². The highest BCUT2D eigenvalue weighted by atomic mass is 79.9. The number of tetrazole rings is 1. The first-order chi connectivity index (χ1) is 9.24. The summed E-state index contributed by atoms with van der Waals surface area (Å²) in [6.45, 7) is 0. The summed E-state index contributed by atoms with van der Waals surface area (Å²) in [5.41, 5.74) is 1.07. The second-order valence-electron chi connectivity index (χ2n) is 3.40. The summed E-state index contributed by atoms with van der Waals surface area (Å²) in [6.07, 6.45) is 1.51. The molecule has 0 atom stereocenters. The number of hydrogen-bond acceptors (Lipinski definition) is 6. The van der Waals surface area contributed by atoms with Crippen molar-refractivity contribution in [2.75, 3.05) is 12.4 Å². The minimum Gasteiger partial charge on any atom is -0.496 e. The summed E-state index contributed by atoms with van der Waals surface area (Å²) in [5, 5.41) is 25.2. The highest BCUT2D eigenvalue weighted by molar-refractivity contribution is 9.10. The number of aromatic nitrogens is 4. The third-order valence-corrected chi connectivity index (χ3v) is 2.86. The van der Waals surface area contributed by atoms with Crippen LogP contribution >= 0.6 is 15.9 Å². The van der Waals surface area contributed by atoms with E-state index < -0.39 is 0 Å². The van der Waals surface area contributed by atoms with Crippen LogP contribution in [0.1, 0.15) is 5.82 Å². The average Bonchev–Trinajstić information content (AvgIpc) is 2.94. The Morgan fingerprint density at radius 1 is 1.58 bits per heavy atom. The van der Waals surface area contributed by atoms with Gasteiger partial charge in [0, 0.05) is 11.9 Å². The molecule has 7 nitrogen and oxygen atoms in total. The summed E-state index contributed by atoms with van der Waals surface area (Å²) in [4.78, 5) is 0. The number of methoxy groups -OCH3 is 1. The molecule has 96 valence electrons. The van der Waals surface area contributed by atoms with Crippen LogP contribution in [0.25, 0.3) is 5.57 Å². The van der Waals surface area contributed by atoms with Gasteiger partial charge in [-0.15, -0.1) is 10.2 Å². The molecule has 1 heterocycles. The monoisotopic (exact) mass is 320 g/mol. The highest BCUT2D eigenvalue weighted by Crippen LogP contribution is 2.27. The maximum atomic E-state index is 9.00. The number of benzene rings is 1. The molecule has 19 heavy (non-hydrogen) atoms. The lowest BCUT2D eigenvalue weighted by molar-refractivity contribution is 0.412. The normalized spacial score (nSPS) is 10.9. The first kappa shape index (κ1) is 13.0. The molecular formula is C11H9BrN6O. The van der Waals surface area contributed by atoms with Gasteiger partial charge >= 0.3 is 0 Å². The molecule has 0 aliphatic carbocycles. The summed E-state index contributed by atoms with van der Waals surface area (Å²) in [5.74, 6) is 0.968. The van der Waals surface area contributed by atoms with Gasteiger partial charge in [0.2, 0.25) is 5.82 Å². The Morgan fingerprint density at radius 2 is 2.42 bits per heavy atom. The fraction of sp³-hybridized carbons (Fsp3) is 0.0909. The molecule has 0 saturated heterocycles. The highest BCUT2D eigenvalue weighted by Gasteiger charge is 2.06. The smallest absolute Gasteiger partial charge is 0.216 e. The molecule has 0 unspecified atom stereocenters. The molecule has 0 saturated carbocycles. The van der Waals surface area contributed by atoms with Crippen LogP contribution in [0.15, 0.2) is 28.9 Å². The molecule has 2 rings (SSSR count). The zero-order valence-corrected chi connectivity index (χ0v) is 11.5. The van der Waals surface area contributed by atoms with E-state index in [0.29, 0.717) is 0 Å². The van der Waals surface area contributed by atoms with Gasteiger partial charge < -0.3 is 10.1 Å². The van der Waals surface area contributed by atoms with Gasteiger partial charge in [-0.25, -0.2) is 0 Å². The quantitative estimate of drug-likeness (QED) is 0.835. The number of anilines is 1. The van der Waals surface area contributed by atoms with Crippen LogP contribution in [-0.2, 0) is 0 Å². The number of nitrogens with zero attached hydrogens (tertiary/aromatic N) is 4. The second kappa shape index (κ2) is 5.97. The van der Waals surface area contributed by atoms with Crippen LogP contribution in [0.4, 0.5) is 5.69 Å². The lowest BCUT2D eigenvalue weighted by Gasteiger charge is -2.06. The van der Waals surface area contributed by atoms with Crippen LogP contribution in [0.2, 0.25) is 0 Å². The zero-order chi connectivity index (χ0) is 13.7. The first-order valence-electron chi connectivity index (χ1n) is 5.18. The Balaban J connectivity index is 2.18. The number of H-pyrrole nitrogens is 1. The van der Waals surface area contributed by atoms with Crippen molar-refractivity contribution in [3.05, 3.63) is 34.7 Å². The topological polar surface area (TPSA) is 99.5 Å². The number of nitriles is 1. The molecule has 1 aromatic carbocycles. The van der Waals surface area contributed by atoms with Crippen molar-refractivity contribution in [1.29, 1.82) is 5.26 Å². The van der Waals surface area contributed by atoms with Crippen molar-refractivity contribution < 1.29 is 4.74 Å². The molecule has 0 spiro atoms.